The highest BCUT2D eigenvalue weighted by molar-refractivity contribution is 5.83. The van der Waals surface area contributed by atoms with E-state index in [1.807, 2.05) is 4.98 Å². The molecule has 0 aliphatic rings. The van der Waals surface area contributed by atoms with Crippen molar-refractivity contribution in [3.8, 4) is 11.5 Å². The van der Waals surface area contributed by atoms with E-state index < -0.39 is 17.2 Å². The van der Waals surface area contributed by atoms with Gasteiger partial charge in [-0.1, -0.05) is 12.1 Å². The Morgan fingerprint density at radius 1 is 1.19 bits per heavy atom. The number of hydrogen-bond donors (Lipinski definition) is 3. The average molecular weight is 441 g/mol. The Morgan fingerprint density at radius 2 is 1.97 bits per heavy atom. The van der Waals surface area contributed by atoms with Crippen LogP contribution in [0.4, 0.5) is 4.39 Å². The van der Waals surface area contributed by atoms with Crippen molar-refractivity contribution in [1.82, 2.24) is 20.6 Å². The Bertz CT molecular complexity index is 1220. The number of methoxy groups -OCH3 is 1. The monoisotopic (exact) mass is 441 g/mol. The fourth-order valence-corrected chi connectivity index (χ4v) is 2.63. The SMILES string of the molecule is COc1cc(/C=N\NC(=O)CCc2n[nH]c(=O)[nH]c2=O)ccc1OCc1ccc(F)cc1. The number of carbonyl (C=O) groups excluding carboxylic acids is 1. The lowest BCUT2D eigenvalue weighted by Gasteiger charge is -2.11. The first kappa shape index (κ1) is 22.4. The molecule has 11 heteroatoms. The van der Waals surface area contributed by atoms with Crippen LogP contribution >= 0.6 is 0 Å². The van der Waals surface area contributed by atoms with Crippen molar-refractivity contribution < 1.29 is 18.7 Å². The molecular formula is C21H20FN5O5. The minimum atomic E-state index is -0.713. The largest absolute Gasteiger partial charge is 0.493 e. The fraction of sp³-hybridized carbons (Fsp3) is 0.190. The molecule has 0 atom stereocenters. The van der Waals surface area contributed by atoms with E-state index in [1.165, 1.54) is 25.5 Å². The van der Waals surface area contributed by atoms with Gasteiger partial charge >= 0.3 is 5.69 Å². The standard InChI is InChI=1S/C21H20FN5O5/c1-31-18-10-14(4-8-17(18)32-12-13-2-5-15(22)6-3-13)11-23-26-19(28)9-7-16-20(29)24-21(30)27-25-16/h2-6,8,10-11H,7,9,12H2,1H3,(H,26,28)(H2,24,27,29,30)/b23-11-. The lowest BCUT2D eigenvalue weighted by molar-refractivity contribution is -0.121. The van der Waals surface area contributed by atoms with Crippen LogP contribution in [0.5, 0.6) is 11.5 Å². The van der Waals surface area contributed by atoms with Gasteiger partial charge in [-0.05, 0) is 41.5 Å². The van der Waals surface area contributed by atoms with Gasteiger partial charge in [0.2, 0.25) is 5.91 Å². The summed E-state index contributed by atoms with van der Waals surface area (Å²) in [5, 5.41) is 9.58. The van der Waals surface area contributed by atoms with Gasteiger partial charge in [0.1, 0.15) is 18.1 Å². The number of aromatic amines is 2. The molecular weight excluding hydrogens is 421 g/mol. The summed E-state index contributed by atoms with van der Waals surface area (Å²) in [6.45, 7) is 0.243. The van der Waals surface area contributed by atoms with Crippen LogP contribution in [-0.4, -0.2) is 34.4 Å². The first-order valence-corrected chi connectivity index (χ1v) is 9.49. The highest BCUT2D eigenvalue weighted by Crippen LogP contribution is 2.28. The maximum atomic E-state index is 13.0. The number of carbonyl (C=O) groups is 1. The molecule has 1 amide bonds. The molecule has 2 aromatic carbocycles. The lowest BCUT2D eigenvalue weighted by Crippen LogP contribution is -2.28. The van der Waals surface area contributed by atoms with Gasteiger partial charge in [-0.25, -0.2) is 19.7 Å². The predicted molar refractivity (Wildman–Crippen MR) is 113 cm³/mol. The molecule has 3 rings (SSSR count). The van der Waals surface area contributed by atoms with Crippen LogP contribution in [-0.2, 0) is 17.8 Å². The molecule has 0 saturated carbocycles. The molecule has 0 unspecified atom stereocenters. The molecule has 0 radical (unpaired) electrons. The second-order valence-corrected chi connectivity index (χ2v) is 6.57. The third kappa shape index (κ3) is 6.36. The maximum Gasteiger partial charge on any atom is 0.342 e. The van der Waals surface area contributed by atoms with Crippen LogP contribution < -0.4 is 26.1 Å². The van der Waals surface area contributed by atoms with E-state index in [1.54, 1.807) is 30.3 Å². The highest BCUT2D eigenvalue weighted by Gasteiger charge is 2.08. The second kappa shape index (κ2) is 10.7. The highest BCUT2D eigenvalue weighted by atomic mass is 19.1. The van der Waals surface area contributed by atoms with Crippen LogP contribution in [0.2, 0.25) is 0 Å². The first-order chi connectivity index (χ1) is 15.4. The number of aromatic nitrogens is 3. The molecule has 166 valence electrons. The van der Waals surface area contributed by atoms with Gasteiger partial charge in [0.05, 0.1) is 13.3 Å². The Morgan fingerprint density at radius 3 is 2.69 bits per heavy atom. The quantitative estimate of drug-likeness (QED) is 0.338. The van der Waals surface area contributed by atoms with E-state index in [9.17, 15) is 18.8 Å². The summed E-state index contributed by atoms with van der Waals surface area (Å²) >= 11 is 0. The average Bonchev–Trinajstić information content (AvgIpc) is 2.78. The number of benzene rings is 2. The van der Waals surface area contributed by atoms with Gasteiger partial charge < -0.3 is 9.47 Å². The number of rotatable bonds is 9. The number of hydrazone groups is 1. The summed E-state index contributed by atoms with van der Waals surface area (Å²) in [7, 11) is 1.50. The number of amides is 1. The van der Waals surface area contributed by atoms with Gasteiger partial charge in [-0.2, -0.15) is 10.2 Å². The van der Waals surface area contributed by atoms with Crippen LogP contribution in [0.25, 0.3) is 0 Å². The van der Waals surface area contributed by atoms with Gasteiger partial charge in [0, 0.05) is 12.8 Å². The fourth-order valence-electron chi connectivity index (χ4n) is 2.63. The zero-order valence-electron chi connectivity index (χ0n) is 17.1. The van der Waals surface area contributed by atoms with Crippen LogP contribution in [0.3, 0.4) is 0 Å². The van der Waals surface area contributed by atoms with Crippen molar-refractivity contribution >= 4 is 12.1 Å². The second-order valence-electron chi connectivity index (χ2n) is 6.57. The van der Waals surface area contributed by atoms with Crippen molar-refractivity contribution in [2.45, 2.75) is 19.4 Å². The minimum absolute atomic E-state index is 0.0427. The number of nitrogens with one attached hydrogen (secondary N) is 3. The molecule has 0 aliphatic heterocycles. The Balaban J connectivity index is 1.53. The van der Waals surface area contributed by atoms with Crippen molar-refractivity contribution in [2.24, 2.45) is 5.10 Å². The molecule has 0 fully saturated rings. The van der Waals surface area contributed by atoms with Crippen LogP contribution in [0, 0.1) is 5.82 Å². The van der Waals surface area contributed by atoms with Crippen molar-refractivity contribution in [1.29, 1.82) is 0 Å². The number of ether oxygens (including phenoxy) is 2. The van der Waals surface area contributed by atoms with Gasteiger partial charge in [0.15, 0.2) is 11.5 Å². The molecule has 1 aromatic heterocycles. The number of hydrogen-bond acceptors (Lipinski definition) is 7. The number of H-pyrrole nitrogens is 2. The lowest BCUT2D eigenvalue weighted by atomic mass is 10.2. The summed E-state index contributed by atoms with van der Waals surface area (Å²) in [6.07, 6.45) is 1.43. The smallest absolute Gasteiger partial charge is 0.342 e. The number of aryl methyl sites for hydroxylation is 1. The minimum Gasteiger partial charge on any atom is -0.493 e. The van der Waals surface area contributed by atoms with E-state index in [0.717, 1.165) is 5.56 Å². The molecule has 1 heterocycles. The third-order valence-electron chi connectivity index (χ3n) is 4.27. The topological polar surface area (TPSA) is 139 Å². The number of halogens is 1. The molecule has 0 saturated heterocycles. The zero-order chi connectivity index (χ0) is 22.9. The summed E-state index contributed by atoms with van der Waals surface area (Å²) in [5.41, 5.74) is 2.50. The van der Waals surface area contributed by atoms with Gasteiger partial charge in [-0.3, -0.25) is 14.6 Å². The number of nitrogens with zero attached hydrogens (tertiary/aromatic N) is 2. The molecule has 3 aromatic rings. The normalized spacial score (nSPS) is 10.8. The van der Waals surface area contributed by atoms with Gasteiger partial charge in [0.25, 0.3) is 5.56 Å². The van der Waals surface area contributed by atoms with E-state index in [-0.39, 0.29) is 31.0 Å². The summed E-state index contributed by atoms with van der Waals surface area (Å²) in [6, 6.07) is 11.1. The van der Waals surface area contributed by atoms with E-state index in [2.05, 4.69) is 20.7 Å². The molecule has 32 heavy (non-hydrogen) atoms. The van der Waals surface area contributed by atoms with E-state index in [4.69, 9.17) is 9.47 Å². The molecule has 0 aliphatic carbocycles. The summed E-state index contributed by atoms with van der Waals surface area (Å²) in [4.78, 5) is 36.4. The molecule has 3 N–H and O–H groups in total. The molecule has 10 nitrogen and oxygen atoms in total. The third-order valence-corrected chi connectivity index (χ3v) is 4.27. The van der Waals surface area contributed by atoms with Crippen LogP contribution in [0.1, 0.15) is 23.2 Å². The van der Waals surface area contributed by atoms with Crippen molar-refractivity contribution in [3.05, 3.63) is 85.9 Å². The van der Waals surface area contributed by atoms with Crippen molar-refractivity contribution in [2.75, 3.05) is 7.11 Å². The summed E-state index contributed by atoms with van der Waals surface area (Å²) in [5.74, 6) is 0.214. The Hall–Kier alpha value is -4.28. The molecule has 0 spiro atoms. The van der Waals surface area contributed by atoms with E-state index in [0.29, 0.717) is 17.1 Å². The van der Waals surface area contributed by atoms with Crippen LogP contribution in [0.15, 0.2) is 57.2 Å². The summed E-state index contributed by atoms with van der Waals surface area (Å²) < 4.78 is 24.0. The Kier molecular flexibility index (Phi) is 7.46. The molecule has 0 bridgehead atoms. The van der Waals surface area contributed by atoms with Gasteiger partial charge in [-0.15, -0.1) is 0 Å². The first-order valence-electron chi connectivity index (χ1n) is 9.49. The zero-order valence-corrected chi connectivity index (χ0v) is 17.1. The van der Waals surface area contributed by atoms with Crippen molar-refractivity contribution in [3.63, 3.8) is 0 Å². The predicted octanol–water partition coefficient (Wildman–Crippen LogP) is 1.27. The maximum absolute atomic E-state index is 13.0. The Labute approximate surface area is 181 Å². The van der Waals surface area contributed by atoms with E-state index >= 15 is 0 Å².